The van der Waals surface area contributed by atoms with Gasteiger partial charge in [-0.05, 0) is 19.1 Å². The first-order valence-corrected chi connectivity index (χ1v) is 6.50. The summed E-state index contributed by atoms with van der Waals surface area (Å²) in [6, 6.07) is 5.19. The van der Waals surface area contributed by atoms with Gasteiger partial charge in [0.2, 0.25) is 0 Å². The van der Waals surface area contributed by atoms with E-state index in [1.165, 1.54) is 0 Å². The lowest BCUT2D eigenvalue weighted by Crippen LogP contribution is -2.37. The molecular weight excluding hydrogens is 252 g/mol. The molecule has 0 aliphatic carbocycles. The van der Waals surface area contributed by atoms with Crippen molar-refractivity contribution in [3.63, 3.8) is 0 Å². The van der Waals surface area contributed by atoms with Crippen molar-refractivity contribution in [2.45, 2.75) is 17.3 Å². The minimum absolute atomic E-state index is 0.152. The maximum atomic E-state index is 11.8. The summed E-state index contributed by atoms with van der Waals surface area (Å²) in [6.45, 7) is 2.14. The minimum Gasteiger partial charge on any atom is -0.508 e. The van der Waals surface area contributed by atoms with E-state index < -0.39 is 0 Å². The van der Waals surface area contributed by atoms with Crippen molar-refractivity contribution in [3.05, 3.63) is 30.6 Å². The van der Waals surface area contributed by atoms with Crippen LogP contribution in [0.25, 0.3) is 0 Å². The monoisotopic (exact) mass is 264 g/mol. The van der Waals surface area contributed by atoms with Crippen molar-refractivity contribution in [2.75, 3.05) is 11.5 Å². The van der Waals surface area contributed by atoms with Gasteiger partial charge in [0.1, 0.15) is 5.75 Å². The van der Waals surface area contributed by atoms with Gasteiger partial charge in [-0.1, -0.05) is 11.8 Å². The molecule has 0 fully saturated rings. The lowest BCUT2D eigenvalue weighted by Gasteiger charge is -2.23. The van der Waals surface area contributed by atoms with Crippen LogP contribution in [0.4, 0.5) is 10.5 Å². The molecule has 6 heteroatoms. The van der Waals surface area contributed by atoms with Crippen molar-refractivity contribution in [1.29, 1.82) is 0 Å². The first kappa shape index (κ1) is 11.3. The number of anilines is 1. The summed E-state index contributed by atoms with van der Waals surface area (Å²) in [6.07, 6.45) is 3.16. The number of ether oxygens (including phenoxy) is 1. The largest absolute Gasteiger partial charge is 0.508 e. The Kier molecular flexibility index (Phi) is 2.59. The maximum absolute atomic E-state index is 11.8. The highest BCUT2D eigenvalue weighted by molar-refractivity contribution is 8.00. The molecule has 0 bridgehead atoms. The van der Waals surface area contributed by atoms with Crippen LogP contribution >= 0.6 is 11.8 Å². The van der Waals surface area contributed by atoms with E-state index in [9.17, 15) is 9.90 Å². The number of thioether (sulfide) groups is 1. The van der Waals surface area contributed by atoms with Gasteiger partial charge in [0.05, 0.1) is 12.3 Å². The second-order valence-corrected chi connectivity index (χ2v) is 5.00. The molecular formula is C12H12N2O3S. The Hall–Kier alpha value is -1.82. The van der Waals surface area contributed by atoms with Crippen LogP contribution in [0.1, 0.15) is 6.92 Å². The molecule has 1 N–H and O–H groups in total. The predicted octanol–water partition coefficient (Wildman–Crippen LogP) is 2.53. The molecule has 0 aromatic heterocycles. The topological polar surface area (TPSA) is 53.0 Å². The van der Waals surface area contributed by atoms with E-state index in [1.807, 2.05) is 17.2 Å². The molecule has 1 aromatic carbocycles. The second kappa shape index (κ2) is 4.13. The first-order valence-electron chi connectivity index (χ1n) is 5.62. The first-order chi connectivity index (χ1) is 8.70. The molecule has 0 saturated heterocycles. The van der Waals surface area contributed by atoms with Gasteiger partial charge in [0.15, 0.2) is 5.50 Å². The van der Waals surface area contributed by atoms with E-state index in [-0.39, 0.29) is 17.3 Å². The smallest absolute Gasteiger partial charge is 0.416 e. The average molecular weight is 264 g/mol. The molecule has 0 radical (unpaired) electrons. The molecule has 94 valence electrons. The third kappa shape index (κ3) is 1.60. The van der Waals surface area contributed by atoms with Crippen LogP contribution in [0.5, 0.6) is 5.75 Å². The fourth-order valence-electron chi connectivity index (χ4n) is 2.01. The molecule has 2 heterocycles. The Bertz CT molecular complexity index is 532. The normalized spacial score (nSPS) is 19.9. The Morgan fingerprint density at radius 3 is 3.11 bits per heavy atom. The number of benzene rings is 1. The molecule has 5 nitrogen and oxygen atoms in total. The second-order valence-electron chi connectivity index (χ2n) is 3.91. The highest BCUT2D eigenvalue weighted by Crippen LogP contribution is 2.48. The van der Waals surface area contributed by atoms with Crippen LogP contribution in [0, 0.1) is 0 Å². The molecule has 1 atom stereocenters. The van der Waals surface area contributed by atoms with Crippen molar-refractivity contribution in [3.8, 4) is 5.75 Å². The molecule has 1 aromatic rings. The highest BCUT2D eigenvalue weighted by Gasteiger charge is 2.39. The summed E-state index contributed by atoms with van der Waals surface area (Å²) in [5, 5.41) is 9.51. The third-order valence-electron chi connectivity index (χ3n) is 2.80. The number of carbonyl (C=O) groups is 1. The van der Waals surface area contributed by atoms with Gasteiger partial charge in [0.25, 0.3) is 0 Å². The van der Waals surface area contributed by atoms with Gasteiger partial charge in [0, 0.05) is 23.4 Å². The van der Waals surface area contributed by atoms with Crippen LogP contribution < -0.4 is 4.90 Å². The number of carbonyl (C=O) groups excluding carboxylic acids is 1. The van der Waals surface area contributed by atoms with Gasteiger partial charge < -0.3 is 14.7 Å². The summed E-state index contributed by atoms with van der Waals surface area (Å²) in [5.41, 5.74) is 0.758. The molecule has 1 unspecified atom stereocenters. The molecule has 18 heavy (non-hydrogen) atoms. The fourth-order valence-corrected chi connectivity index (χ4v) is 3.23. The van der Waals surface area contributed by atoms with Crippen LogP contribution in [0.2, 0.25) is 0 Å². The molecule has 0 spiro atoms. The predicted molar refractivity (Wildman–Crippen MR) is 68.2 cm³/mol. The SMILES string of the molecule is CCOC(=O)N1C=CN2c3cc(O)ccc3SC12. The molecule has 3 rings (SSSR count). The Morgan fingerprint density at radius 2 is 2.33 bits per heavy atom. The molecule has 1 amide bonds. The highest BCUT2D eigenvalue weighted by atomic mass is 32.2. The van der Waals surface area contributed by atoms with Crippen LogP contribution in [0.15, 0.2) is 35.5 Å². The van der Waals surface area contributed by atoms with Gasteiger partial charge in [-0.3, -0.25) is 4.90 Å². The zero-order chi connectivity index (χ0) is 12.7. The van der Waals surface area contributed by atoms with Gasteiger partial charge in [-0.25, -0.2) is 4.79 Å². The number of fused-ring (bicyclic) bond motifs is 3. The van der Waals surface area contributed by atoms with E-state index >= 15 is 0 Å². The summed E-state index contributed by atoms with van der Waals surface area (Å²) in [7, 11) is 0. The van der Waals surface area contributed by atoms with Crippen LogP contribution in [-0.4, -0.2) is 28.2 Å². The Labute approximate surface area is 109 Å². The average Bonchev–Trinajstić information content (AvgIpc) is 2.88. The summed E-state index contributed by atoms with van der Waals surface area (Å²) < 4.78 is 5.00. The fraction of sp³-hybridized carbons (Fsp3) is 0.250. The number of hydrogen-bond donors (Lipinski definition) is 1. The van der Waals surface area contributed by atoms with Crippen LogP contribution in [0.3, 0.4) is 0 Å². The number of amides is 1. The van der Waals surface area contributed by atoms with E-state index in [2.05, 4.69) is 0 Å². The Morgan fingerprint density at radius 1 is 1.50 bits per heavy atom. The van der Waals surface area contributed by atoms with Crippen molar-refractivity contribution < 1.29 is 14.6 Å². The van der Waals surface area contributed by atoms with E-state index in [0.29, 0.717) is 6.61 Å². The van der Waals surface area contributed by atoms with Crippen molar-refractivity contribution >= 4 is 23.5 Å². The zero-order valence-corrected chi connectivity index (χ0v) is 10.6. The summed E-state index contributed by atoms with van der Waals surface area (Å²) in [4.78, 5) is 16.3. The van der Waals surface area contributed by atoms with E-state index in [1.54, 1.807) is 41.9 Å². The number of phenolic OH excluding ortho intramolecular Hbond substituents is 1. The minimum atomic E-state index is -0.356. The maximum Gasteiger partial charge on any atom is 0.416 e. The number of hydrogen-bond acceptors (Lipinski definition) is 5. The molecule has 2 aliphatic rings. The molecule has 2 aliphatic heterocycles. The number of phenols is 1. The van der Waals surface area contributed by atoms with Gasteiger partial charge in [-0.15, -0.1) is 0 Å². The zero-order valence-electron chi connectivity index (χ0n) is 9.74. The van der Waals surface area contributed by atoms with Crippen LogP contribution in [-0.2, 0) is 4.74 Å². The van der Waals surface area contributed by atoms with Gasteiger partial charge >= 0.3 is 6.09 Å². The number of aromatic hydroxyl groups is 1. The van der Waals surface area contributed by atoms with E-state index in [0.717, 1.165) is 10.6 Å². The number of rotatable bonds is 1. The lowest BCUT2D eigenvalue weighted by atomic mass is 10.3. The summed E-state index contributed by atoms with van der Waals surface area (Å²) in [5.74, 6) is 0.220. The summed E-state index contributed by atoms with van der Waals surface area (Å²) >= 11 is 1.56. The quantitative estimate of drug-likeness (QED) is 0.844. The van der Waals surface area contributed by atoms with Crippen molar-refractivity contribution in [1.82, 2.24) is 4.90 Å². The molecule has 0 saturated carbocycles. The standard InChI is InChI=1S/C12H12N2O3S/c1-2-17-12(16)14-6-5-13-9-7-8(15)3-4-10(9)18-11(13)14/h3-7,11,15H,2H2,1H3. The Balaban J connectivity index is 1.88. The van der Waals surface area contributed by atoms with Gasteiger partial charge in [-0.2, -0.15) is 0 Å². The lowest BCUT2D eigenvalue weighted by molar-refractivity contribution is 0.122. The third-order valence-corrected chi connectivity index (χ3v) is 4.06. The van der Waals surface area contributed by atoms with Crippen molar-refractivity contribution in [2.24, 2.45) is 0 Å². The number of nitrogens with zero attached hydrogens (tertiary/aromatic N) is 2. The van der Waals surface area contributed by atoms with E-state index in [4.69, 9.17) is 4.74 Å².